The van der Waals surface area contributed by atoms with Crippen molar-refractivity contribution in [3.05, 3.63) is 0 Å². The maximum absolute atomic E-state index is 12.2. The topological polar surface area (TPSA) is 38.8 Å². The smallest absolute Gasteiger partial charge is 0.410 e. The number of carbonyl (C=O) groups is 1. The van der Waals surface area contributed by atoms with Gasteiger partial charge in [-0.3, -0.25) is 0 Å². The minimum atomic E-state index is -0.457. The van der Waals surface area contributed by atoms with E-state index in [1.807, 2.05) is 27.7 Å². The van der Waals surface area contributed by atoms with E-state index in [1.165, 1.54) is 0 Å². The second-order valence-corrected chi connectivity index (χ2v) is 6.57. The lowest BCUT2D eigenvalue weighted by Crippen LogP contribution is -2.52. The molecule has 4 nitrogen and oxygen atoms in total. The van der Waals surface area contributed by atoms with Crippen molar-refractivity contribution in [2.45, 2.75) is 71.5 Å². The number of piperidine rings is 1. The third-order valence-electron chi connectivity index (χ3n) is 3.65. The fraction of sp³-hybridized carbons (Fsp3) is 0.824. The molecule has 0 N–H and O–H groups in total. The van der Waals surface area contributed by atoms with Gasteiger partial charge in [0.15, 0.2) is 0 Å². The highest BCUT2D eigenvalue weighted by atomic mass is 16.6. The lowest BCUT2D eigenvalue weighted by Gasteiger charge is -2.42. The fourth-order valence-corrected chi connectivity index (χ4v) is 2.53. The molecule has 4 heteroatoms. The van der Waals surface area contributed by atoms with Gasteiger partial charge in [-0.15, -0.1) is 11.8 Å². The van der Waals surface area contributed by atoms with Gasteiger partial charge in [0.1, 0.15) is 5.60 Å². The second-order valence-electron chi connectivity index (χ2n) is 6.57. The van der Waals surface area contributed by atoms with Crippen molar-refractivity contribution >= 4 is 6.09 Å². The number of nitrogens with zero attached hydrogens (tertiary/aromatic N) is 1. The first-order valence-electron chi connectivity index (χ1n) is 7.83. The summed E-state index contributed by atoms with van der Waals surface area (Å²) >= 11 is 0. The van der Waals surface area contributed by atoms with Crippen LogP contribution in [0, 0.1) is 11.8 Å². The standard InChI is InChI=1S/C17H29NO3/c1-6-8-9-13-20-17(7-2)11-10-12-18(14-17)15(19)21-16(3,4)5/h7,9-14H2,1-5H3. The Balaban J connectivity index is 2.61. The van der Waals surface area contributed by atoms with E-state index in [2.05, 4.69) is 18.8 Å². The summed E-state index contributed by atoms with van der Waals surface area (Å²) < 4.78 is 11.5. The zero-order valence-electron chi connectivity index (χ0n) is 14.1. The van der Waals surface area contributed by atoms with Crippen LogP contribution in [-0.2, 0) is 9.47 Å². The van der Waals surface area contributed by atoms with Crippen molar-refractivity contribution in [3.63, 3.8) is 0 Å². The largest absolute Gasteiger partial charge is 0.444 e. The van der Waals surface area contributed by atoms with Crippen molar-refractivity contribution in [3.8, 4) is 11.8 Å². The van der Waals surface area contributed by atoms with Crippen LogP contribution in [0.3, 0.4) is 0 Å². The summed E-state index contributed by atoms with van der Waals surface area (Å²) in [5, 5.41) is 0. The minimum absolute atomic E-state index is 0.239. The van der Waals surface area contributed by atoms with Crippen LogP contribution in [0.1, 0.15) is 60.3 Å². The maximum atomic E-state index is 12.2. The normalized spacial score (nSPS) is 22.4. The number of amides is 1. The molecule has 0 aliphatic carbocycles. The highest BCUT2D eigenvalue weighted by Crippen LogP contribution is 2.29. The van der Waals surface area contributed by atoms with E-state index in [9.17, 15) is 4.79 Å². The quantitative estimate of drug-likeness (QED) is 0.587. The fourth-order valence-electron chi connectivity index (χ4n) is 2.53. The number of ether oxygens (including phenoxy) is 2. The molecule has 0 bridgehead atoms. The molecule has 21 heavy (non-hydrogen) atoms. The zero-order chi connectivity index (χ0) is 15.9. The summed E-state index contributed by atoms with van der Waals surface area (Å²) in [4.78, 5) is 14.0. The number of likely N-dealkylation sites (tertiary alicyclic amines) is 1. The number of rotatable bonds is 4. The van der Waals surface area contributed by atoms with Crippen molar-refractivity contribution in [2.24, 2.45) is 0 Å². The molecule has 1 fully saturated rings. The maximum Gasteiger partial charge on any atom is 0.410 e. The number of hydrogen-bond donors (Lipinski definition) is 0. The molecule has 1 aliphatic rings. The Hall–Kier alpha value is -1.21. The molecule has 1 saturated heterocycles. The second kappa shape index (κ2) is 7.70. The van der Waals surface area contributed by atoms with Crippen LogP contribution in [-0.4, -0.2) is 41.9 Å². The Morgan fingerprint density at radius 2 is 2.10 bits per heavy atom. The summed E-state index contributed by atoms with van der Waals surface area (Å²) in [6.45, 7) is 11.6. The van der Waals surface area contributed by atoms with Gasteiger partial charge in [0.2, 0.25) is 0 Å². The van der Waals surface area contributed by atoms with Crippen molar-refractivity contribution < 1.29 is 14.3 Å². The predicted octanol–water partition coefficient (Wildman–Crippen LogP) is 3.60. The molecule has 0 radical (unpaired) electrons. The molecule has 1 atom stereocenters. The molecule has 1 rings (SSSR count). The first-order valence-corrected chi connectivity index (χ1v) is 7.83. The Labute approximate surface area is 129 Å². The summed E-state index contributed by atoms with van der Waals surface area (Å²) in [6, 6.07) is 0. The lowest BCUT2D eigenvalue weighted by molar-refractivity contribution is -0.0915. The van der Waals surface area contributed by atoms with Gasteiger partial charge in [0.25, 0.3) is 0 Å². The van der Waals surface area contributed by atoms with Crippen LogP contribution < -0.4 is 0 Å². The molecule has 1 heterocycles. The summed E-state index contributed by atoms with van der Waals surface area (Å²) in [6.07, 6.45) is 3.34. The van der Waals surface area contributed by atoms with Gasteiger partial charge in [0.05, 0.1) is 18.8 Å². The zero-order valence-corrected chi connectivity index (χ0v) is 14.1. The molecule has 1 unspecified atom stereocenters. The van der Waals surface area contributed by atoms with Crippen LogP contribution in [0.25, 0.3) is 0 Å². The number of hydrogen-bond acceptors (Lipinski definition) is 3. The summed E-state index contributed by atoms with van der Waals surface area (Å²) in [5.74, 6) is 5.89. The van der Waals surface area contributed by atoms with E-state index >= 15 is 0 Å². The minimum Gasteiger partial charge on any atom is -0.444 e. The van der Waals surface area contributed by atoms with Gasteiger partial charge in [-0.25, -0.2) is 4.79 Å². The van der Waals surface area contributed by atoms with Gasteiger partial charge in [-0.05, 0) is 47.0 Å². The Kier molecular flexibility index (Phi) is 6.54. The molecule has 0 aromatic carbocycles. The van der Waals surface area contributed by atoms with E-state index in [4.69, 9.17) is 9.47 Å². The first-order chi connectivity index (χ1) is 9.82. The van der Waals surface area contributed by atoms with E-state index in [-0.39, 0.29) is 11.7 Å². The molecule has 0 spiro atoms. The Morgan fingerprint density at radius 1 is 1.38 bits per heavy atom. The Bertz CT molecular complexity index is 402. The van der Waals surface area contributed by atoms with Gasteiger partial charge < -0.3 is 14.4 Å². The Morgan fingerprint density at radius 3 is 2.67 bits per heavy atom. The van der Waals surface area contributed by atoms with Crippen molar-refractivity contribution in [1.82, 2.24) is 4.90 Å². The van der Waals surface area contributed by atoms with Gasteiger partial charge in [-0.2, -0.15) is 0 Å². The number of carbonyl (C=O) groups excluding carboxylic acids is 1. The molecule has 120 valence electrons. The van der Waals surface area contributed by atoms with Gasteiger partial charge in [0, 0.05) is 13.0 Å². The van der Waals surface area contributed by atoms with E-state index in [0.717, 1.165) is 32.2 Å². The lowest BCUT2D eigenvalue weighted by atomic mass is 9.90. The summed E-state index contributed by atoms with van der Waals surface area (Å²) in [5.41, 5.74) is -0.703. The van der Waals surface area contributed by atoms with Crippen molar-refractivity contribution in [2.75, 3.05) is 19.7 Å². The molecular formula is C17H29NO3. The van der Waals surface area contributed by atoms with E-state index in [0.29, 0.717) is 13.2 Å². The molecule has 1 aliphatic heterocycles. The molecule has 0 aromatic heterocycles. The van der Waals surface area contributed by atoms with Crippen LogP contribution in [0.2, 0.25) is 0 Å². The van der Waals surface area contributed by atoms with Crippen LogP contribution in [0.15, 0.2) is 0 Å². The summed E-state index contributed by atoms with van der Waals surface area (Å²) in [7, 11) is 0. The molecular weight excluding hydrogens is 266 g/mol. The third kappa shape index (κ3) is 5.97. The van der Waals surface area contributed by atoms with Gasteiger partial charge >= 0.3 is 6.09 Å². The molecule has 0 saturated carbocycles. The van der Waals surface area contributed by atoms with Crippen LogP contribution >= 0.6 is 0 Å². The van der Waals surface area contributed by atoms with Crippen molar-refractivity contribution in [1.29, 1.82) is 0 Å². The van der Waals surface area contributed by atoms with Gasteiger partial charge in [-0.1, -0.05) is 6.92 Å². The average Bonchev–Trinajstić information content (AvgIpc) is 2.42. The highest BCUT2D eigenvalue weighted by Gasteiger charge is 2.37. The first kappa shape index (κ1) is 17.8. The van der Waals surface area contributed by atoms with Crippen LogP contribution in [0.5, 0.6) is 0 Å². The molecule has 1 amide bonds. The van der Waals surface area contributed by atoms with E-state index < -0.39 is 5.60 Å². The van der Waals surface area contributed by atoms with E-state index in [1.54, 1.807) is 4.90 Å². The highest BCUT2D eigenvalue weighted by molar-refractivity contribution is 5.68. The van der Waals surface area contributed by atoms with Crippen LogP contribution in [0.4, 0.5) is 4.79 Å². The predicted molar refractivity (Wildman–Crippen MR) is 84.1 cm³/mol. The monoisotopic (exact) mass is 295 g/mol. The molecule has 0 aromatic rings. The third-order valence-corrected chi connectivity index (χ3v) is 3.65. The SMILES string of the molecule is CC#CCCOC1(CC)CCCN(C(=O)OC(C)(C)C)C1. The average molecular weight is 295 g/mol.